The first-order chi connectivity index (χ1) is 16.8. The van der Waals surface area contributed by atoms with E-state index in [0.717, 1.165) is 28.2 Å². The molecule has 0 saturated heterocycles. The summed E-state index contributed by atoms with van der Waals surface area (Å²) in [6.45, 7) is 1.99. The van der Waals surface area contributed by atoms with Gasteiger partial charge in [0, 0.05) is 36.7 Å². The van der Waals surface area contributed by atoms with Crippen molar-refractivity contribution >= 4 is 21.4 Å². The first kappa shape index (κ1) is 24.7. The van der Waals surface area contributed by atoms with Gasteiger partial charge >= 0.3 is 0 Å². The van der Waals surface area contributed by atoms with Gasteiger partial charge in [-0.3, -0.25) is 0 Å². The summed E-state index contributed by atoms with van der Waals surface area (Å²) in [5.41, 5.74) is 7.55. The van der Waals surface area contributed by atoms with Gasteiger partial charge in [0.05, 0.1) is 0 Å². The van der Waals surface area contributed by atoms with Gasteiger partial charge in [-0.25, -0.2) is 0 Å². The van der Waals surface area contributed by atoms with Crippen molar-refractivity contribution in [2.75, 3.05) is 0 Å². The molecule has 6 rings (SSSR count). The van der Waals surface area contributed by atoms with Crippen LogP contribution in [0.1, 0.15) is 5.69 Å². The Hall–Kier alpha value is -3.43. The third-order valence-corrected chi connectivity index (χ3v) is 6.37. The maximum Gasteiger partial charge on any atom is 0.0348 e. The Bertz CT molecular complexity index is 1510. The number of hydrogen-bond donors (Lipinski definition) is 0. The van der Waals surface area contributed by atoms with Gasteiger partial charge in [-0.1, -0.05) is 48.0 Å². The van der Waals surface area contributed by atoms with E-state index in [2.05, 4.69) is 63.9 Å². The molecule has 0 aliphatic carbocycles. The van der Waals surface area contributed by atoms with Gasteiger partial charge in [0.2, 0.25) is 0 Å². The normalized spacial score (nSPS) is 10.2. The maximum atomic E-state index is 4.41. The topological polar surface area (TPSA) is 25.8 Å². The first-order valence-electron chi connectivity index (χ1n) is 11.1. The number of benzene rings is 3. The van der Waals surface area contributed by atoms with E-state index in [-0.39, 0.29) is 20.1 Å². The number of hydrogen-bond acceptors (Lipinski definition) is 3. The van der Waals surface area contributed by atoms with Crippen molar-refractivity contribution in [3.05, 3.63) is 133 Å². The van der Waals surface area contributed by atoms with Gasteiger partial charge in [-0.05, 0) is 52.8 Å². The van der Waals surface area contributed by atoms with Gasteiger partial charge in [-0.2, -0.15) is 0 Å². The van der Waals surface area contributed by atoms with Crippen LogP contribution in [-0.4, -0.2) is 9.97 Å². The summed E-state index contributed by atoms with van der Waals surface area (Å²) in [5, 5.41) is 3.53. The van der Waals surface area contributed by atoms with E-state index in [1.54, 1.807) is 11.3 Å². The predicted octanol–water partition coefficient (Wildman–Crippen LogP) is 8.29. The number of rotatable bonds is 3. The van der Waals surface area contributed by atoms with Crippen LogP contribution in [0.4, 0.5) is 0 Å². The number of nitrogens with zero attached hydrogens (tertiary/aromatic N) is 2. The fourth-order valence-electron chi connectivity index (χ4n) is 3.75. The molecule has 35 heavy (non-hydrogen) atoms. The zero-order valence-corrected chi connectivity index (χ0v) is 22.3. The van der Waals surface area contributed by atoms with Gasteiger partial charge in [0.15, 0.2) is 0 Å². The summed E-state index contributed by atoms with van der Waals surface area (Å²) in [6.07, 6.45) is 1.82. The van der Waals surface area contributed by atoms with Gasteiger partial charge in [-0.15, -0.1) is 77.1 Å². The van der Waals surface area contributed by atoms with Gasteiger partial charge in [0.25, 0.3) is 0 Å². The molecule has 0 bridgehead atoms. The molecule has 6 aromatic rings. The number of thiophene rings is 1. The zero-order chi connectivity index (χ0) is 23.2. The summed E-state index contributed by atoms with van der Waals surface area (Å²) < 4.78 is 1.32. The summed E-state index contributed by atoms with van der Waals surface area (Å²) >= 11 is 1.78. The third-order valence-electron chi connectivity index (χ3n) is 5.41. The minimum atomic E-state index is 0. The monoisotopic (exact) mass is 647 g/mol. The van der Waals surface area contributed by atoms with Crippen LogP contribution in [-0.2, 0) is 20.1 Å². The molecule has 2 nitrogen and oxygen atoms in total. The number of aryl methyl sites for hydroxylation is 1. The summed E-state index contributed by atoms with van der Waals surface area (Å²) in [4.78, 5) is 8.82. The molecule has 0 N–H and O–H groups in total. The molecule has 0 amide bonds. The van der Waals surface area contributed by atoms with E-state index in [9.17, 15) is 0 Å². The number of pyridine rings is 2. The predicted molar refractivity (Wildman–Crippen MR) is 143 cm³/mol. The molecule has 3 aromatic heterocycles. The van der Waals surface area contributed by atoms with Crippen LogP contribution in [0.25, 0.3) is 43.7 Å². The largest absolute Gasteiger partial charge is 0.305 e. The second-order valence-corrected chi connectivity index (χ2v) is 8.70. The SMILES string of the molecule is Cc1cccc(-c2[c-]cccc2)n1.[Ir].[c-]1ccc(-c2csc3ccccc23)cc1-c1ccccn1. The Morgan fingerprint density at radius 1 is 0.714 bits per heavy atom. The van der Waals surface area contributed by atoms with Gasteiger partial charge in [0.1, 0.15) is 0 Å². The van der Waals surface area contributed by atoms with Crippen LogP contribution in [0.2, 0.25) is 0 Å². The Morgan fingerprint density at radius 3 is 2.31 bits per heavy atom. The van der Waals surface area contributed by atoms with Crippen LogP contribution in [0.3, 0.4) is 0 Å². The van der Waals surface area contributed by atoms with Gasteiger partial charge < -0.3 is 9.97 Å². The van der Waals surface area contributed by atoms with Crippen LogP contribution >= 0.6 is 11.3 Å². The first-order valence-corrected chi connectivity index (χ1v) is 12.0. The molecule has 4 heteroatoms. The van der Waals surface area contributed by atoms with Crippen molar-refractivity contribution in [1.29, 1.82) is 0 Å². The van der Waals surface area contributed by atoms with Crippen LogP contribution in [0.5, 0.6) is 0 Å². The summed E-state index contributed by atoms with van der Waals surface area (Å²) in [7, 11) is 0. The molecule has 0 fully saturated rings. The molecule has 0 saturated carbocycles. The average molecular weight is 647 g/mol. The molecular weight excluding hydrogens is 625 g/mol. The molecule has 173 valence electrons. The fraction of sp³-hybridized carbons (Fsp3) is 0.0323. The maximum absolute atomic E-state index is 4.41. The molecule has 0 aliphatic heterocycles. The second-order valence-electron chi connectivity index (χ2n) is 7.79. The van der Waals surface area contributed by atoms with Crippen molar-refractivity contribution in [2.24, 2.45) is 0 Å². The summed E-state index contributed by atoms with van der Waals surface area (Å²) in [5.74, 6) is 0. The smallest absolute Gasteiger partial charge is 0.0348 e. The van der Waals surface area contributed by atoms with Crippen molar-refractivity contribution in [2.45, 2.75) is 6.92 Å². The van der Waals surface area contributed by atoms with E-state index in [1.807, 2.05) is 79.9 Å². The minimum Gasteiger partial charge on any atom is -0.305 e. The van der Waals surface area contributed by atoms with E-state index in [1.165, 1.54) is 21.2 Å². The van der Waals surface area contributed by atoms with Crippen molar-refractivity contribution in [1.82, 2.24) is 9.97 Å². The van der Waals surface area contributed by atoms with E-state index < -0.39 is 0 Å². The third kappa shape index (κ3) is 5.98. The summed E-state index contributed by atoms with van der Waals surface area (Å²) in [6, 6.07) is 41.0. The van der Waals surface area contributed by atoms with Crippen molar-refractivity contribution in [3.8, 4) is 33.6 Å². The van der Waals surface area contributed by atoms with Crippen molar-refractivity contribution < 1.29 is 20.1 Å². The van der Waals surface area contributed by atoms with E-state index in [4.69, 9.17) is 0 Å². The second kappa shape index (κ2) is 11.8. The Morgan fingerprint density at radius 2 is 1.51 bits per heavy atom. The van der Waals surface area contributed by atoms with Crippen LogP contribution in [0, 0.1) is 19.1 Å². The fourth-order valence-corrected chi connectivity index (χ4v) is 4.72. The molecular formula is C31H22IrN2S-2. The average Bonchev–Trinajstić information content (AvgIpc) is 3.35. The quantitative estimate of drug-likeness (QED) is 0.181. The van der Waals surface area contributed by atoms with Crippen LogP contribution in [0.15, 0.2) is 115 Å². The molecule has 1 radical (unpaired) electrons. The minimum absolute atomic E-state index is 0. The Balaban J connectivity index is 0.000000179. The molecule has 3 aromatic carbocycles. The molecule has 0 spiro atoms. The van der Waals surface area contributed by atoms with E-state index >= 15 is 0 Å². The van der Waals surface area contributed by atoms with E-state index in [0.29, 0.717) is 0 Å². The van der Waals surface area contributed by atoms with Crippen molar-refractivity contribution in [3.63, 3.8) is 0 Å². The van der Waals surface area contributed by atoms with Crippen LogP contribution < -0.4 is 0 Å². The molecule has 0 atom stereocenters. The number of aromatic nitrogens is 2. The molecule has 3 heterocycles. The standard InChI is InChI=1S/C19H12NS.C12H10N.Ir/c1-2-10-19-16(8-1)17(13-21-19)14-6-5-7-15(12-14)18-9-3-4-11-20-18;1-10-6-5-9-12(13-10)11-7-3-2-4-8-11;/h1-6,8-13H;2-7,9H,1H3;/q2*-1;. The Kier molecular flexibility index (Phi) is 8.33. The molecule has 0 unspecified atom stereocenters. The molecule has 0 aliphatic rings. The Labute approximate surface area is 223 Å². The zero-order valence-electron chi connectivity index (χ0n) is 19.1. The number of fused-ring (bicyclic) bond motifs is 1.